The lowest BCUT2D eigenvalue weighted by atomic mass is 10.1. The highest BCUT2D eigenvalue weighted by atomic mass is 35.5. The van der Waals surface area contributed by atoms with Gasteiger partial charge in [-0.15, -0.1) is 0 Å². The minimum absolute atomic E-state index is 0.00358. The fourth-order valence-corrected chi connectivity index (χ4v) is 5.47. The Hall–Kier alpha value is -3.56. The van der Waals surface area contributed by atoms with Gasteiger partial charge < -0.3 is 15.0 Å². The molecular weight excluding hydrogens is 538 g/mol. The van der Waals surface area contributed by atoms with E-state index in [4.69, 9.17) is 16.3 Å². The molecule has 0 spiro atoms. The Labute approximate surface area is 235 Å². The zero-order valence-electron chi connectivity index (χ0n) is 22.7. The predicted molar refractivity (Wildman–Crippen MR) is 153 cm³/mol. The maximum atomic E-state index is 13.9. The van der Waals surface area contributed by atoms with Gasteiger partial charge in [-0.05, 0) is 75.7 Å². The van der Waals surface area contributed by atoms with E-state index in [-0.39, 0.29) is 17.3 Å². The Morgan fingerprint density at radius 3 is 2.10 bits per heavy atom. The second-order valence-corrected chi connectivity index (χ2v) is 12.3. The zero-order chi connectivity index (χ0) is 28.8. The van der Waals surface area contributed by atoms with Crippen LogP contribution in [-0.2, 0) is 26.2 Å². The number of carbonyl (C=O) groups excluding carboxylic acids is 2. The molecule has 1 atom stereocenters. The quantitative estimate of drug-likeness (QED) is 0.374. The van der Waals surface area contributed by atoms with Crippen LogP contribution in [0.1, 0.15) is 33.3 Å². The molecule has 0 aliphatic heterocycles. The number of anilines is 1. The van der Waals surface area contributed by atoms with Gasteiger partial charge in [0.1, 0.15) is 18.3 Å². The summed E-state index contributed by atoms with van der Waals surface area (Å²) in [5.74, 6) is -0.430. The number of benzene rings is 3. The lowest BCUT2D eigenvalue weighted by molar-refractivity contribution is -0.140. The van der Waals surface area contributed by atoms with E-state index >= 15 is 0 Å². The number of ether oxygens (including phenoxy) is 1. The average molecular weight is 572 g/mol. The van der Waals surface area contributed by atoms with E-state index in [1.807, 2.05) is 20.8 Å². The summed E-state index contributed by atoms with van der Waals surface area (Å²) >= 11 is 6.39. The van der Waals surface area contributed by atoms with Crippen molar-refractivity contribution in [2.75, 3.05) is 18.0 Å². The first-order valence-corrected chi connectivity index (χ1v) is 14.2. The number of rotatable bonds is 10. The summed E-state index contributed by atoms with van der Waals surface area (Å²) in [7, 11) is -2.67. The number of carbonyl (C=O) groups is 2. The Bertz CT molecular complexity index is 1390. The molecule has 3 aromatic rings. The third kappa shape index (κ3) is 7.74. The van der Waals surface area contributed by atoms with E-state index in [0.717, 1.165) is 4.31 Å². The van der Waals surface area contributed by atoms with Crippen LogP contribution in [0.5, 0.6) is 5.75 Å². The Kier molecular flexibility index (Phi) is 9.63. The molecule has 0 radical (unpaired) electrons. The van der Waals surface area contributed by atoms with Crippen molar-refractivity contribution in [2.45, 2.75) is 50.7 Å². The van der Waals surface area contributed by atoms with Crippen LogP contribution in [0, 0.1) is 0 Å². The first kappa shape index (κ1) is 30.0. The van der Waals surface area contributed by atoms with Crippen LogP contribution in [0.15, 0.2) is 83.8 Å². The maximum absolute atomic E-state index is 13.9. The standard InChI is InChI=1S/C29H34ClN3O5S/c1-21(28(35)31-29(2,3)4)32(19-22-11-9-10-14-26(22)30)27(34)20-33(23-12-7-6-8-13-23)39(36,37)25-17-15-24(38-5)16-18-25/h6-18,21H,19-20H2,1-5H3,(H,31,35). The van der Waals surface area contributed by atoms with Crippen LogP contribution in [0.3, 0.4) is 0 Å². The number of para-hydroxylation sites is 1. The van der Waals surface area contributed by atoms with Gasteiger partial charge in [-0.2, -0.15) is 0 Å². The maximum Gasteiger partial charge on any atom is 0.264 e. The van der Waals surface area contributed by atoms with Crippen molar-refractivity contribution in [3.8, 4) is 5.75 Å². The van der Waals surface area contributed by atoms with Crippen molar-refractivity contribution in [1.29, 1.82) is 0 Å². The molecule has 1 N–H and O–H groups in total. The number of nitrogens with one attached hydrogen (secondary N) is 1. The molecule has 1 unspecified atom stereocenters. The van der Waals surface area contributed by atoms with Gasteiger partial charge in [-0.1, -0.05) is 48.0 Å². The summed E-state index contributed by atoms with van der Waals surface area (Å²) < 4.78 is 33.8. The van der Waals surface area contributed by atoms with E-state index in [1.165, 1.54) is 24.1 Å². The molecule has 0 aliphatic carbocycles. The van der Waals surface area contributed by atoms with E-state index < -0.39 is 34.1 Å². The topological polar surface area (TPSA) is 96.0 Å². The third-order valence-corrected chi connectivity index (χ3v) is 8.09. The van der Waals surface area contributed by atoms with E-state index in [2.05, 4.69) is 5.32 Å². The molecule has 0 fully saturated rings. The van der Waals surface area contributed by atoms with E-state index in [1.54, 1.807) is 73.7 Å². The molecule has 0 aliphatic rings. The molecule has 8 nitrogen and oxygen atoms in total. The van der Waals surface area contributed by atoms with Gasteiger partial charge in [0, 0.05) is 17.1 Å². The summed E-state index contributed by atoms with van der Waals surface area (Å²) in [4.78, 5) is 28.4. The van der Waals surface area contributed by atoms with Gasteiger partial charge in [0.05, 0.1) is 17.7 Å². The van der Waals surface area contributed by atoms with Crippen LogP contribution in [0.25, 0.3) is 0 Å². The van der Waals surface area contributed by atoms with Crippen LogP contribution in [0.4, 0.5) is 5.69 Å². The van der Waals surface area contributed by atoms with Crippen molar-refractivity contribution in [3.05, 3.63) is 89.4 Å². The molecule has 0 saturated carbocycles. The van der Waals surface area contributed by atoms with Crippen molar-refractivity contribution < 1.29 is 22.7 Å². The smallest absolute Gasteiger partial charge is 0.264 e. The van der Waals surface area contributed by atoms with Gasteiger partial charge in [0.25, 0.3) is 10.0 Å². The van der Waals surface area contributed by atoms with Crippen molar-refractivity contribution in [2.24, 2.45) is 0 Å². The molecule has 0 saturated heterocycles. The number of nitrogens with zero attached hydrogens (tertiary/aromatic N) is 2. The van der Waals surface area contributed by atoms with Crippen LogP contribution < -0.4 is 14.4 Å². The van der Waals surface area contributed by atoms with Gasteiger partial charge in [0.15, 0.2) is 0 Å². The SMILES string of the molecule is COc1ccc(S(=O)(=O)N(CC(=O)N(Cc2ccccc2Cl)C(C)C(=O)NC(C)(C)C)c2ccccc2)cc1. The zero-order valence-corrected chi connectivity index (χ0v) is 24.3. The third-order valence-electron chi connectivity index (χ3n) is 5.93. The van der Waals surface area contributed by atoms with Crippen molar-refractivity contribution >= 4 is 39.1 Å². The molecule has 3 aromatic carbocycles. The summed E-state index contributed by atoms with van der Waals surface area (Å²) in [5, 5.41) is 3.33. The Morgan fingerprint density at radius 2 is 1.54 bits per heavy atom. The highest BCUT2D eigenvalue weighted by Crippen LogP contribution is 2.26. The summed E-state index contributed by atoms with van der Waals surface area (Å²) in [6.45, 7) is 6.63. The normalized spacial score (nSPS) is 12.4. The monoisotopic (exact) mass is 571 g/mol. The molecule has 2 amide bonds. The number of amides is 2. The van der Waals surface area contributed by atoms with Crippen molar-refractivity contribution in [1.82, 2.24) is 10.2 Å². The van der Waals surface area contributed by atoms with Crippen LogP contribution >= 0.6 is 11.6 Å². The lowest BCUT2D eigenvalue weighted by Gasteiger charge is -2.33. The molecule has 0 heterocycles. The Morgan fingerprint density at radius 1 is 0.949 bits per heavy atom. The van der Waals surface area contributed by atoms with Crippen LogP contribution in [-0.4, -0.2) is 50.4 Å². The van der Waals surface area contributed by atoms with Crippen LogP contribution in [0.2, 0.25) is 5.02 Å². The van der Waals surface area contributed by atoms with Gasteiger partial charge >= 0.3 is 0 Å². The summed E-state index contributed by atoms with van der Waals surface area (Å²) in [6.07, 6.45) is 0. The summed E-state index contributed by atoms with van der Waals surface area (Å²) in [6, 6.07) is 20.4. The van der Waals surface area contributed by atoms with Gasteiger partial charge in [0.2, 0.25) is 11.8 Å². The molecule has 0 aromatic heterocycles. The van der Waals surface area contributed by atoms with E-state index in [0.29, 0.717) is 22.0 Å². The number of halogens is 1. The predicted octanol–water partition coefficient (Wildman–Crippen LogP) is 4.88. The molecule has 208 valence electrons. The highest BCUT2D eigenvalue weighted by molar-refractivity contribution is 7.92. The molecule has 10 heteroatoms. The largest absolute Gasteiger partial charge is 0.497 e. The molecule has 0 bridgehead atoms. The lowest BCUT2D eigenvalue weighted by Crippen LogP contribution is -2.54. The fourth-order valence-electron chi connectivity index (χ4n) is 3.86. The minimum Gasteiger partial charge on any atom is -0.497 e. The van der Waals surface area contributed by atoms with Gasteiger partial charge in [-0.3, -0.25) is 13.9 Å². The number of hydrogen-bond donors (Lipinski definition) is 1. The van der Waals surface area contributed by atoms with Gasteiger partial charge in [-0.25, -0.2) is 8.42 Å². The second kappa shape index (κ2) is 12.5. The Balaban J connectivity index is 2.02. The number of hydrogen-bond acceptors (Lipinski definition) is 5. The highest BCUT2D eigenvalue weighted by Gasteiger charge is 2.33. The molecular formula is C29H34ClN3O5S. The average Bonchev–Trinajstić information content (AvgIpc) is 2.90. The second-order valence-electron chi connectivity index (χ2n) is 10.1. The fraction of sp³-hybridized carbons (Fsp3) is 0.310. The molecule has 39 heavy (non-hydrogen) atoms. The van der Waals surface area contributed by atoms with E-state index in [9.17, 15) is 18.0 Å². The minimum atomic E-state index is -4.16. The number of sulfonamides is 1. The van der Waals surface area contributed by atoms with Crippen molar-refractivity contribution in [3.63, 3.8) is 0 Å². The first-order valence-electron chi connectivity index (χ1n) is 12.4. The summed E-state index contributed by atoms with van der Waals surface area (Å²) in [5.41, 5.74) is 0.413. The first-order chi connectivity index (χ1) is 18.3. The number of methoxy groups -OCH3 is 1. The molecule has 3 rings (SSSR count).